The lowest BCUT2D eigenvalue weighted by atomic mass is 9.87. The summed E-state index contributed by atoms with van der Waals surface area (Å²) in [4.78, 5) is 4.48. The molecule has 2 aromatic rings. The average Bonchev–Trinajstić information content (AvgIpc) is 2.46. The quantitative estimate of drug-likeness (QED) is 0.905. The summed E-state index contributed by atoms with van der Waals surface area (Å²) in [6.45, 7) is 1.68. The predicted molar refractivity (Wildman–Crippen MR) is 80.3 cm³/mol. The lowest BCUT2D eigenvalue weighted by Crippen LogP contribution is -2.50. The zero-order chi connectivity index (χ0) is 14.9. The number of fused-ring (bicyclic) bond motifs is 1. The number of pyridine rings is 1. The minimum Gasteiger partial charge on any atom is -0.396 e. The first-order valence-corrected chi connectivity index (χ1v) is 6.96. The van der Waals surface area contributed by atoms with Crippen LogP contribution in [0, 0.1) is 16.7 Å². The average molecular weight is 304 g/mol. The molecule has 0 radical (unpaired) electrons. The molecule has 1 aromatic carbocycles. The molecule has 2 heterocycles. The molecule has 21 heavy (non-hydrogen) atoms. The third-order valence-electron chi connectivity index (χ3n) is 3.69. The Kier molecular flexibility index (Phi) is 3.68. The zero-order valence-electron chi connectivity index (χ0n) is 11.3. The number of halogens is 1. The molecule has 0 spiro atoms. The van der Waals surface area contributed by atoms with Gasteiger partial charge in [0, 0.05) is 17.0 Å². The fourth-order valence-corrected chi connectivity index (χ4v) is 2.47. The van der Waals surface area contributed by atoms with Gasteiger partial charge < -0.3 is 15.2 Å². The Bertz CT molecular complexity index is 717. The molecular formula is C15H14ClN3O2. The summed E-state index contributed by atoms with van der Waals surface area (Å²) in [5.74, 6) is 0.612. The van der Waals surface area contributed by atoms with E-state index in [2.05, 4.69) is 16.4 Å². The van der Waals surface area contributed by atoms with E-state index >= 15 is 0 Å². The van der Waals surface area contributed by atoms with Crippen molar-refractivity contribution in [2.75, 3.05) is 31.7 Å². The van der Waals surface area contributed by atoms with E-state index in [1.165, 1.54) is 0 Å². The van der Waals surface area contributed by atoms with Crippen molar-refractivity contribution in [3.8, 4) is 6.07 Å². The van der Waals surface area contributed by atoms with Crippen LogP contribution in [0.3, 0.4) is 0 Å². The molecule has 0 saturated carbocycles. The largest absolute Gasteiger partial charge is 0.396 e. The monoisotopic (exact) mass is 303 g/mol. The van der Waals surface area contributed by atoms with Crippen molar-refractivity contribution >= 4 is 28.3 Å². The van der Waals surface area contributed by atoms with E-state index in [4.69, 9.17) is 16.3 Å². The Labute approximate surface area is 127 Å². The summed E-state index contributed by atoms with van der Waals surface area (Å²) in [5, 5.41) is 23.2. The van der Waals surface area contributed by atoms with Crippen molar-refractivity contribution < 1.29 is 9.84 Å². The molecule has 3 rings (SSSR count). The van der Waals surface area contributed by atoms with Gasteiger partial charge in [0.05, 0.1) is 42.4 Å². The number of aliphatic hydroxyl groups excluding tert-OH is 1. The molecule has 0 aliphatic carbocycles. The fourth-order valence-electron chi connectivity index (χ4n) is 2.30. The number of benzene rings is 1. The van der Waals surface area contributed by atoms with Crippen molar-refractivity contribution in [1.29, 1.82) is 5.26 Å². The Balaban J connectivity index is 1.89. The zero-order valence-corrected chi connectivity index (χ0v) is 12.0. The minimum absolute atomic E-state index is 0.0638. The summed E-state index contributed by atoms with van der Waals surface area (Å²) in [6.07, 6.45) is 0. The van der Waals surface area contributed by atoms with Gasteiger partial charge in [-0.25, -0.2) is 4.98 Å². The molecule has 0 unspecified atom stereocenters. The highest BCUT2D eigenvalue weighted by Gasteiger charge is 2.37. The number of ether oxygens (including phenoxy) is 1. The van der Waals surface area contributed by atoms with E-state index in [0.29, 0.717) is 41.7 Å². The SMILES string of the molecule is N#Cc1cc(NCC2(CO)COC2)nc2ccc(Cl)cc12. The number of nitriles is 1. The summed E-state index contributed by atoms with van der Waals surface area (Å²) in [5.41, 5.74) is 0.987. The molecule has 1 saturated heterocycles. The number of rotatable bonds is 4. The molecular weight excluding hydrogens is 290 g/mol. The molecule has 0 bridgehead atoms. The van der Waals surface area contributed by atoms with E-state index in [1.54, 1.807) is 24.3 Å². The van der Waals surface area contributed by atoms with Gasteiger partial charge in [-0.2, -0.15) is 5.26 Å². The number of aromatic nitrogens is 1. The number of aliphatic hydroxyl groups is 1. The van der Waals surface area contributed by atoms with Gasteiger partial charge in [0.2, 0.25) is 0 Å². The second-order valence-electron chi connectivity index (χ2n) is 5.33. The molecule has 1 aliphatic heterocycles. The second-order valence-corrected chi connectivity index (χ2v) is 5.77. The van der Waals surface area contributed by atoms with Crippen LogP contribution in [-0.2, 0) is 4.74 Å². The summed E-state index contributed by atoms with van der Waals surface area (Å²) in [7, 11) is 0. The lowest BCUT2D eigenvalue weighted by molar-refractivity contribution is -0.128. The third-order valence-corrected chi connectivity index (χ3v) is 3.92. The minimum atomic E-state index is -0.247. The Morgan fingerprint density at radius 1 is 1.43 bits per heavy atom. The van der Waals surface area contributed by atoms with Crippen molar-refractivity contribution in [1.82, 2.24) is 4.98 Å². The van der Waals surface area contributed by atoms with Crippen molar-refractivity contribution in [3.63, 3.8) is 0 Å². The van der Waals surface area contributed by atoms with Crippen LogP contribution in [0.5, 0.6) is 0 Å². The van der Waals surface area contributed by atoms with Crippen LogP contribution >= 0.6 is 11.6 Å². The maximum absolute atomic E-state index is 9.41. The summed E-state index contributed by atoms with van der Waals surface area (Å²) >= 11 is 5.96. The van der Waals surface area contributed by atoms with Gasteiger partial charge in [-0.15, -0.1) is 0 Å². The van der Waals surface area contributed by atoms with Crippen molar-refractivity contribution in [2.45, 2.75) is 0 Å². The van der Waals surface area contributed by atoms with E-state index < -0.39 is 0 Å². The van der Waals surface area contributed by atoms with Crippen molar-refractivity contribution in [2.24, 2.45) is 5.41 Å². The number of hydrogen-bond donors (Lipinski definition) is 2. The highest BCUT2D eigenvalue weighted by molar-refractivity contribution is 6.31. The van der Waals surface area contributed by atoms with Crippen molar-refractivity contribution in [3.05, 3.63) is 34.9 Å². The first kappa shape index (κ1) is 14.1. The molecule has 108 valence electrons. The standard InChI is InChI=1S/C15H14ClN3O2/c16-11-1-2-13-12(4-11)10(5-17)3-14(19-13)18-6-15(7-20)8-21-9-15/h1-4,20H,6-9H2,(H,18,19). The van der Waals surface area contributed by atoms with Gasteiger partial charge in [0.15, 0.2) is 0 Å². The molecule has 6 heteroatoms. The van der Waals surface area contributed by atoms with Gasteiger partial charge in [-0.3, -0.25) is 0 Å². The van der Waals surface area contributed by atoms with E-state index in [1.807, 2.05) is 0 Å². The summed E-state index contributed by atoms with van der Waals surface area (Å²) in [6, 6.07) is 9.14. The smallest absolute Gasteiger partial charge is 0.128 e. The topological polar surface area (TPSA) is 78.2 Å². The van der Waals surface area contributed by atoms with Crippen LogP contribution < -0.4 is 5.32 Å². The maximum atomic E-state index is 9.41. The van der Waals surface area contributed by atoms with Crippen LogP contribution in [0.2, 0.25) is 5.02 Å². The van der Waals surface area contributed by atoms with Gasteiger partial charge >= 0.3 is 0 Å². The highest BCUT2D eigenvalue weighted by Crippen LogP contribution is 2.28. The first-order valence-electron chi connectivity index (χ1n) is 6.59. The van der Waals surface area contributed by atoms with E-state index in [9.17, 15) is 10.4 Å². The number of nitrogens with one attached hydrogen (secondary N) is 1. The van der Waals surface area contributed by atoms with Crippen LogP contribution in [0.15, 0.2) is 24.3 Å². The number of nitrogens with zero attached hydrogens (tertiary/aromatic N) is 2. The van der Waals surface area contributed by atoms with Crippen LogP contribution in [0.1, 0.15) is 5.56 Å². The van der Waals surface area contributed by atoms with Gasteiger partial charge in [-0.1, -0.05) is 11.6 Å². The number of hydrogen-bond acceptors (Lipinski definition) is 5. The lowest BCUT2D eigenvalue weighted by Gasteiger charge is -2.39. The molecule has 1 fully saturated rings. The first-order chi connectivity index (χ1) is 10.2. The van der Waals surface area contributed by atoms with Gasteiger partial charge in [0.25, 0.3) is 0 Å². The predicted octanol–water partition coefficient (Wildman–Crippen LogP) is 2.18. The normalized spacial score (nSPS) is 16.2. The Morgan fingerprint density at radius 2 is 2.24 bits per heavy atom. The Hall–Kier alpha value is -1.87. The highest BCUT2D eigenvalue weighted by atomic mass is 35.5. The van der Waals surface area contributed by atoms with Gasteiger partial charge in [0.1, 0.15) is 5.82 Å². The molecule has 1 aromatic heterocycles. The molecule has 1 aliphatic rings. The van der Waals surface area contributed by atoms with E-state index in [-0.39, 0.29) is 12.0 Å². The maximum Gasteiger partial charge on any atom is 0.128 e. The third kappa shape index (κ3) is 2.66. The van der Waals surface area contributed by atoms with Crippen LogP contribution in [0.4, 0.5) is 5.82 Å². The Morgan fingerprint density at radius 3 is 2.86 bits per heavy atom. The molecule has 0 atom stereocenters. The molecule has 5 nitrogen and oxygen atoms in total. The molecule has 2 N–H and O–H groups in total. The molecule has 0 amide bonds. The fraction of sp³-hybridized carbons (Fsp3) is 0.333. The summed E-state index contributed by atoms with van der Waals surface area (Å²) < 4.78 is 5.16. The van der Waals surface area contributed by atoms with E-state index in [0.717, 1.165) is 5.39 Å². The number of anilines is 1. The van der Waals surface area contributed by atoms with Crippen LogP contribution in [-0.4, -0.2) is 36.5 Å². The van der Waals surface area contributed by atoms with Crippen LogP contribution in [0.25, 0.3) is 10.9 Å². The van der Waals surface area contributed by atoms with Gasteiger partial charge in [-0.05, 0) is 24.3 Å². The second kappa shape index (κ2) is 5.49.